The van der Waals surface area contributed by atoms with E-state index >= 15 is 0 Å². The van der Waals surface area contributed by atoms with Crippen LogP contribution < -0.4 is 10.6 Å². The Bertz CT molecular complexity index is 483. The summed E-state index contributed by atoms with van der Waals surface area (Å²) in [6.45, 7) is 9.20. The molecule has 0 aliphatic carbocycles. The van der Waals surface area contributed by atoms with Crippen LogP contribution in [0.5, 0.6) is 0 Å². The van der Waals surface area contributed by atoms with Crippen molar-refractivity contribution in [1.29, 1.82) is 0 Å². The van der Waals surface area contributed by atoms with Crippen LogP contribution in [0.1, 0.15) is 38.2 Å². The molecule has 1 fully saturated rings. The molecule has 2 rings (SSSR count). The second-order valence-electron chi connectivity index (χ2n) is 5.59. The van der Waals surface area contributed by atoms with Crippen molar-refractivity contribution in [3.05, 3.63) is 17.6 Å². The van der Waals surface area contributed by atoms with Gasteiger partial charge in [-0.25, -0.2) is 9.97 Å². The van der Waals surface area contributed by atoms with Gasteiger partial charge in [0.1, 0.15) is 11.6 Å². The van der Waals surface area contributed by atoms with Crippen molar-refractivity contribution in [1.82, 2.24) is 20.2 Å². The number of carbonyl (C=O) groups excluding carboxylic acids is 1. The van der Waals surface area contributed by atoms with Crippen LogP contribution in [-0.2, 0) is 11.3 Å². The minimum Gasteiger partial charge on any atom is -0.370 e. The van der Waals surface area contributed by atoms with Gasteiger partial charge in [0, 0.05) is 44.4 Å². The van der Waals surface area contributed by atoms with E-state index in [-0.39, 0.29) is 5.91 Å². The second kappa shape index (κ2) is 7.36. The van der Waals surface area contributed by atoms with Gasteiger partial charge >= 0.3 is 0 Å². The van der Waals surface area contributed by atoms with E-state index in [0.29, 0.717) is 6.04 Å². The zero-order chi connectivity index (χ0) is 15.2. The van der Waals surface area contributed by atoms with Gasteiger partial charge in [0.25, 0.3) is 0 Å². The molecular weight excluding hydrogens is 266 g/mol. The van der Waals surface area contributed by atoms with Gasteiger partial charge in [-0.15, -0.1) is 0 Å². The van der Waals surface area contributed by atoms with E-state index in [9.17, 15) is 4.79 Å². The van der Waals surface area contributed by atoms with Crippen LogP contribution in [0.25, 0.3) is 0 Å². The Morgan fingerprint density at radius 3 is 2.71 bits per heavy atom. The first-order valence-electron chi connectivity index (χ1n) is 7.64. The molecule has 0 bridgehead atoms. The Labute approximate surface area is 126 Å². The van der Waals surface area contributed by atoms with Crippen molar-refractivity contribution in [3.63, 3.8) is 0 Å². The molecule has 21 heavy (non-hydrogen) atoms. The van der Waals surface area contributed by atoms with Crippen molar-refractivity contribution in [2.24, 2.45) is 0 Å². The highest BCUT2D eigenvalue weighted by Crippen LogP contribution is 2.14. The minimum atomic E-state index is 0.0609. The molecule has 0 saturated carbocycles. The van der Waals surface area contributed by atoms with Gasteiger partial charge in [0.15, 0.2) is 0 Å². The molecule has 6 heteroatoms. The number of nitrogens with zero attached hydrogens (tertiary/aromatic N) is 3. The largest absolute Gasteiger partial charge is 0.370 e. The molecule has 0 spiro atoms. The molecule has 0 unspecified atom stereocenters. The quantitative estimate of drug-likeness (QED) is 0.856. The number of hydrogen-bond donors (Lipinski definition) is 2. The number of nitrogens with one attached hydrogen (secondary N) is 2. The molecule has 0 aromatic carbocycles. The Morgan fingerprint density at radius 1 is 1.38 bits per heavy atom. The predicted octanol–water partition coefficient (Wildman–Crippen LogP) is 1.32. The molecule has 116 valence electrons. The molecule has 1 aliphatic rings. The fourth-order valence-electron chi connectivity index (χ4n) is 2.70. The van der Waals surface area contributed by atoms with E-state index in [2.05, 4.69) is 32.4 Å². The number of piperidine rings is 1. The molecule has 1 aromatic rings. The lowest BCUT2D eigenvalue weighted by Gasteiger charge is -2.31. The van der Waals surface area contributed by atoms with E-state index in [1.165, 1.54) is 0 Å². The van der Waals surface area contributed by atoms with Crippen molar-refractivity contribution in [2.75, 3.05) is 25.0 Å². The first kappa shape index (κ1) is 15.7. The van der Waals surface area contributed by atoms with Crippen molar-refractivity contribution in [2.45, 2.75) is 46.2 Å². The molecule has 1 aliphatic heterocycles. The highest BCUT2D eigenvalue weighted by Gasteiger charge is 2.20. The number of carbonyl (C=O) groups is 1. The van der Waals surface area contributed by atoms with Crippen molar-refractivity contribution >= 4 is 11.7 Å². The molecule has 1 amide bonds. The Hall–Kier alpha value is -1.69. The minimum absolute atomic E-state index is 0.0609. The lowest BCUT2D eigenvalue weighted by molar-refractivity contribution is -0.119. The summed E-state index contributed by atoms with van der Waals surface area (Å²) in [6.07, 6.45) is 1.98. The third-order valence-electron chi connectivity index (χ3n) is 3.62. The Balaban J connectivity index is 1.89. The van der Waals surface area contributed by atoms with Crippen molar-refractivity contribution in [3.8, 4) is 0 Å². The number of anilines is 1. The summed E-state index contributed by atoms with van der Waals surface area (Å²) in [5, 5.41) is 6.23. The average molecular weight is 291 g/mol. The second-order valence-corrected chi connectivity index (χ2v) is 5.59. The first-order chi connectivity index (χ1) is 10.1. The first-order valence-corrected chi connectivity index (χ1v) is 7.64. The molecule has 6 nitrogen and oxygen atoms in total. The van der Waals surface area contributed by atoms with Gasteiger partial charge in [-0.2, -0.15) is 0 Å². The predicted molar refractivity (Wildman–Crippen MR) is 83.0 cm³/mol. The van der Waals surface area contributed by atoms with Crippen LogP contribution in [0.2, 0.25) is 0 Å². The fraction of sp³-hybridized carbons (Fsp3) is 0.667. The summed E-state index contributed by atoms with van der Waals surface area (Å²) < 4.78 is 0. The highest BCUT2D eigenvalue weighted by molar-refractivity contribution is 5.73. The van der Waals surface area contributed by atoms with E-state index < -0.39 is 0 Å². The lowest BCUT2D eigenvalue weighted by atomic mass is 10.1. The summed E-state index contributed by atoms with van der Waals surface area (Å²) in [6, 6.07) is 2.28. The molecular formula is C15H25N5O. The van der Waals surface area contributed by atoms with Crippen LogP contribution in [0.4, 0.5) is 5.82 Å². The van der Waals surface area contributed by atoms with Gasteiger partial charge in [-0.3, -0.25) is 9.69 Å². The Morgan fingerprint density at radius 2 is 2.10 bits per heavy atom. The monoisotopic (exact) mass is 291 g/mol. The van der Waals surface area contributed by atoms with Crippen LogP contribution >= 0.6 is 0 Å². The van der Waals surface area contributed by atoms with Crippen LogP contribution in [-0.4, -0.2) is 46.5 Å². The summed E-state index contributed by atoms with van der Waals surface area (Å²) in [5.74, 6) is 1.82. The summed E-state index contributed by atoms with van der Waals surface area (Å²) in [7, 11) is 0. The number of aryl methyl sites for hydroxylation is 1. The number of aromatic nitrogens is 2. The summed E-state index contributed by atoms with van der Waals surface area (Å²) in [4.78, 5) is 22.5. The van der Waals surface area contributed by atoms with Crippen LogP contribution in [0.3, 0.4) is 0 Å². The molecule has 2 N–H and O–H groups in total. The van der Waals surface area contributed by atoms with Gasteiger partial charge in [0.05, 0.1) is 6.54 Å². The van der Waals surface area contributed by atoms with E-state index in [4.69, 9.17) is 0 Å². The fourth-order valence-corrected chi connectivity index (χ4v) is 2.70. The third-order valence-corrected chi connectivity index (χ3v) is 3.62. The molecule has 0 radical (unpaired) electrons. The van der Waals surface area contributed by atoms with E-state index in [1.807, 2.05) is 13.0 Å². The van der Waals surface area contributed by atoms with Gasteiger partial charge < -0.3 is 10.6 Å². The SMILES string of the molecule is CCNc1cc(C)nc(CN2CCC(NC(C)=O)CC2)n1. The van der Waals surface area contributed by atoms with Crippen LogP contribution in [0, 0.1) is 6.92 Å². The summed E-state index contributed by atoms with van der Waals surface area (Å²) in [5.41, 5.74) is 0.990. The third kappa shape index (κ3) is 4.97. The number of amides is 1. The van der Waals surface area contributed by atoms with E-state index in [1.54, 1.807) is 6.92 Å². The number of hydrogen-bond acceptors (Lipinski definition) is 5. The average Bonchev–Trinajstić information content (AvgIpc) is 2.40. The molecule has 1 saturated heterocycles. The topological polar surface area (TPSA) is 70.2 Å². The Kier molecular flexibility index (Phi) is 5.50. The standard InChI is InChI=1S/C15H25N5O/c1-4-16-14-9-11(2)17-15(19-14)10-20-7-5-13(6-8-20)18-12(3)21/h9,13H,4-8,10H2,1-3H3,(H,18,21)(H,16,17,19). The number of likely N-dealkylation sites (tertiary alicyclic amines) is 1. The maximum absolute atomic E-state index is 11.1. The maximum Gasteiger partial charge on any atom is 0.217 e. The lowest BCUT2D eigenvalue weighted by Crippen LogP contribution is -2.43. The molecule has 1 aromatic heterocycles. The zero-order valence-corrected chi connectivity index (χ0v) is 13.1. The number of rotatable bonds is 5. The zero-order valence-electron chi connectivity index (χ0n) is 13.1. The van der Waals surface area contributed by atoms with Crippen LogP contribution in [0.15, 0.2) is 6.07 Å². The smallest absolute Gasteiger partial charge is 0.217 e. The van der Waals surface area contributed by atoms with E-state index in [0.717, 1.165) is 56.4 Å². The maximum atomic E-state index is 11.1. The van der Waals surface area contributed by atoms with Crippen molar-refractivity contribution < 1.29 is 4.79 Å². The highest BCUT2D eigenvalue weighted by atomic mass is 16.1. The van der Waals surface area contributed by atoms with Gasteiger partial charge in [-0.05, 0) is 26.7 Å². The summed E-state index contributed by atoms with van der Waals surface area (Å²) >= 11 is 0. The van der Waals surface area contributed by atoms with Gasteiger partial charge in [0.2, 0.25) is 5.91 Å². The molecule has 2 heterocycles. The van der Waals surface area contributed by atoms with Gasteiger partial charge in [-0.1, -0.05) is 0 Å². The normalized spacial score (nSPS) is 16.7. The molecule has 0 atom stereocenters.